The van der Waals surface area contributed by atoms with E-state index in [-0.39, 0.29) is 12.2 Å². The summed E-state index contributed by atoms with van der Waals surface area (Å²) in [5.74, 6) is 1.64. The molecule has 7 nitrogen and oxygen atoms in total. The van der Waals surface area contributed by atoms with Gasteiger partial charge >= 0.3 is 6.03 Å². The molecule has 3 rings (SSSR count). The zero-order valence-corrected chi connectivity index (χ0v) is 18.7. The molecular weight excluding hydrogens is 464 g/mol. The number of methoxy groups -OCH3 is 1. The van der Waals surface area contributed by atoms with E-state index in [0.717, 1.165) is 16.0 Å². The number of urea groups is 1. The molecule has 2 aromatic rings. The summed E-state index contributed by atoms with van der Waals surface area (Å²) >= 11 is 3.40. The average molecular weight is 483 g/mol. The summed E-state index contributed by atoms with van der Waals surface area (Å²) < 4.78 is 11.3. The van der Waals surface area contributed by atoms with Crippen molar-refractivity contribution in [3.8, 4) is 23.8 Å². The molecule has 0 radical (unpaired) electrons. The van der Waals surface area contributed by atoms with Crippen LogP contribution in [0.15, 0.2) is 40.4 Å². The number of nitrogens with one attached hydrogen (secondary N) is 1. The highest BCUT2D eigenvalue weighted by atomic mass is 79.9. The number of halogens is 1. The lowest BCUT2D eigenvalue weighted by Crippen LogP contribution is -2.54. The standard InChI is InChI=1S/C23H19BrN2O5/c1-5-6-31-20-12-18(24)15(11-19(20)30-4)10-17-21(27)25-23(29)26(22(17)28)16-8-13(2)7-14(3)9-16/h1,7-12H,6H2,2-4H3,(H,25,27,29)/b17-10+. The lowest BCUT2D eigenvalue weighted by Gasteiger charge is -2.27. The van der Waals surface area contributed by atoms with Crippen LogP contribution in [0, 0.1) is 26.2 Å². The van der Waals surface area contributed by atoms with Gasteiger partial charge in [-0.15, -0.1) is 6.42 Å². The first-order chi connectivity index (χ1) is 14.7. The van der Waals surface area contributed by atoms with Crippen LogP contribution in [0.2, 0.25) is 0 Å². The number of anilines is 1. The molecule has 0 aromatic heterocycles. The Morgan fingerprint density at radius 1 is 1.10 bits per heavy atom. The molecule has 1 saturated heterocycles. The van der Waals surface area contributed by atoms with E-state index in [4.69, 9.17) is 15.9 Å². The molecule has 4 amide bonds. The van der Waals surface area contributed by atoms with E-state index in [0.29, 0.717) is 27.2 Å². The minimum absolute atomic E-state index is 0.0527. The summed E-state index contributed by atoms with van der Waals surface area (Å²) in [7, 11) is 1.46. The molecule has 2 aromatic carbocycles. The number of amides is 4. The van der Waals surface area contributed by atoms with E-state index in [1.54, 1.807) is 24.3 Å². The van der Waals surface area contributed by atoms with Gasteiger partial charge in [0.1, 0.15) is 12.2 Å². The van der Waals surface area contributed by atoms with Crippen LogP contribution in [0.1, 0.15) is 16.7 Å². The molecule has 0 bridgehead atoms. The maximum absolute atomic E-state index is 13.1. The molecule has 31 heavy (non-hydrogen) atoms. The van der Waals surface area contributed by atoms with E-state index in [1.807, 2.05) is 19.9 Å². The number of carbonyl (C=O) groups excluding carboxylic acids is 3. The number of hydrogen-bond donors (Lipinski definition) is 1. The number of hydrogen-bond acceptors (Lipinski definition) is 5. The second kappa shape index (κ2) is 9.06. The molecule has 1 N–H and O–H groups in total. The first kappa shape index (κ1) is 22.1. The van der Waals surface area contributed by atoms with E-state index < -0.39 is 17.8 Å². The van der Waals surface area contributed by atoms with Crippen molar-refractivity contribution in [3.63, 3.8) is 0 Å². The normalized spacial score (nSPS) is 15.0. The lowest BCUT2D eigenvalue weighted by molar-refractivity contribution is -0.122. The second-order valence-electron chi connectivity index (χ2n) is 6.82. The molecule has 0 saturated carbocycles. The number of barbiturate groups is 1. The van der Waals surface area contributed by atoms with Gasteiger partial charge in [-0.2, -0.15) is 0 Å². The minimum Gasteiger partial charge on any atom is -0.493 e. The van der Waals surface area contributed by atoms with Gasteiger partial charge in [-0.1, -0.05) is 27.9 Å². The van der Waals surface area contributed by atoms with E-state index >= 15 is 0 Å². The van der Waals surface area contributed by atoms with Crippen molar-refractivity contribution in [3.05, 3.63) is 57.1 Å². The zero-order valence-electron chi connectivity index (χ0n) is 17.1. The Kier molecular flexibility index (Phi) is 6.47. The maximum atomic E-state index is 13.1. The fourth-order valence-electron chi connectivity index (χ4n) is 3.18. The number of rotatable bonds is 5. The molecule has 1 fully saturated rings. The van der Waals surface area contributed by atoms with Crippen molar-refractivity contribution >= 4 is 45.5 Å². The van der Waals surface area contributed by atoms with Gasteiger partial charge in [0.25, 0.3) is 11.8 Å². The monoisotopic (exact) mass is 482 g/mol. The third kappa shape index (κ3) is 4.62. The van der Waals surface area contributed by atoms with Crippen LogP contribution in [0.4, 0.5) is 10.5 Å². The third-order valence-electron chi connectivity index (χ3n) is 4.46. The molecule has 0 unspecified atom stereocenters. The van der Waals surface area contributed by atoms with Crippen molar-refractivity contribution in [2.45, 2.75) is 13.8 Å². The summed E-state index contributed by atoms with van der Waals surface area (Å²) in [6, 6.07) is 7.75. The summed E-state index contributed by atoms with van der Waals surface area (Å²) in [5.41, 5.74) is 2.44. The summed E-state index contributed by atoms with van der Waals surface area (Å²) in [6.45, 7) is 3.77. The Morgan fingerprint density at radius 2 is 1.77 bits per heavy atom. The van der Waals surface area contributed by atoms with Crippen molar-refractivity contribution in [1.82, 2.24) is 5.32 Å². The smallest absolute Gasteiger partial charge is 0.335 e. The highest BCUT2D eigenvalue weighted by Gasteiger charge is 2.37. The molecule has 158 valence electrons. The van der Waals surface area contributed by atoms with Crippen LogP contribution in [0.5, 0.6) is 11.5 Å². The van der Waals surface area contributed by atoms with Crippen LogP contribution in [0.3, 0.4) is 0 Å². The largest absolute Gasteiger partial charge is 0.493 e. The fourth-order valence-corrected chi connectivity index (χ4v) is 3.62. The zero-order chi connectivity index (χ0) is 22.7. The predicted molar refractivity (Wildman–Crippen MR) is 120 cm³/mol. The fraction of sp³-hybridized carbons (Fsp3) is 0.174. The van der Waals surface area contributed by atoms with Crippen molar-refractivity contribution in [2.24, 2.45) is 0 Å². The van der Waals surface area contributed by atoms with Crippen LogP contribution in [-0.4, -0.2) is 31.6 Å². The van der Waals surface area contributed by atoms with Gasteiger partial charge in [-0.3, -0.25) is 14.9 Å². The number of imide groups is 2. The van der Waals surface area contributed by atoms with Crippen LogP contribution in [-0.2, 0) is 9.59 Å². The summed E-state index contributed by atoms with van der Waals surface area (Å²) in [6.07, 6.45) is 6.62. The molecule has 0 aliphatic carbocycles. The van der Waals surface area contributed by atoms with Gasteiger partial charge in [0.05, 0.1) is 12.8 Å². The second-order valence-corrected chi connectivity index (χ2v) is 7.68. The molecule has 1 aliphatic heterocycles. The van der Waals surface area contributed by atoms with E-state index in [1.165, 1.54) is 13.2 Å². The lowest BCUT2D eigenvalue weighted by atomic mass is 10.0. The van der Waals surface area contributed by atoms with Crippen molar-refractivity contribution in [2.75, 3.05) is 18.6 Å². The van der Waals surface area contributed by atoms with Gasteiger partial charge in [-0.05, 0) is 60.9 Å². The van der Waals surface area contributed by atoms with Crippen LogP contribution >= 0.6 is 15.9 Å². The number of ether oxygens (including phenoxy) is 2. The summed E-state index contributed by atoms with van der Waals surface area (Å²) in [5, 5.41) is 2.22. The van der Waals surface area contributed by atoms with Gasteiger partial charge in [0.2, 0.25) is 0 Å². The Balaban J connectivity index is 2.05. The van der Waals surface area contributed by atoms with Crippen LogP contribution < -0.4 is 19.7 Å². The number of terminal acetylenes is 1. The topological polar surface area (TPSA) is 84.9 Å². The minimum atomic E-state index is -0.799. The highest BCUT2D eigenvalue weighted by Crippen LogP contribution is 2.35. The van der Waals surface area contributed by atoms with Crippen molar-refractivity contribution in [1.29, 1.82) is 0 Å². The summed E-state index contributed by atoms with van der Waals surface area (Å²) in [4.78, 5) is 39.0. The quantitative estimate of drug-likeness (QED) is 0.398. The van der Waals surface area contributed by atoms with Gasteiger partial charge < -0.3 is 9.47 Å². The molecule has 8 heteroatoms. The maximum Gasteiger partial charge on any atom is 0.335 e. The van der Waals surface area contributed by atoms with Crippen molar-refractivity contribution < 1.29 is 23.9 Å². The first-order valence-electron chi connectivity index (χ1n) is 9.18. The van der Waals surface area contributed by atoms with Crippen LogP contribution in [0.25, 0.3) is 6.08 Å². The Bertz CT molecular complexity index is 1140. The molecular formula is C23H19BrN2O5. The molecule has 1 heterocycles. The van der Waals surface area contributed by atoms with Gasteiger partial charge in [0, 0.05) is 4.47 Å². The van der Waals surface area contributed by atoms with Gasteiger partial charge in [0.15, 0.2) is 11.5 Å². The first-order valence-corrected chi connectivity index (χ1v) is 9.98. The number of carbonyl (C=O) groups is 3. The molecule has 0 spiro atoms. The Labute approximate surface area is 188 Å². The Morgan fingerprint density at radius 3 is 2.39 bits per heavy atom. The molecule has 1 aliphatic rings. The van der Waals surface area contributed by atoms with E-state index in [2.05, 4.69) is 27.2 Å². The highest BCUT2D eigenvalue weighted by molar-refractivity contribution is 9.10. The van der Waals surface area contributed by atoms with Gasteiger partial charge in [-0.25, -0.2) is 9.69 Å². The number of benzene rings is 2. The predicted octanol–water partition coefficient (Wildman–Crippen LogP) is 3.75. The SMILES string of the molecule is C#CCOc1cc(Br)c(/C=C2\C(=O)NC(=O)N(c3cc(C)cc(C)c3)C2=O)cc1OC. The Hall–Kier alpha value is -3.57. The average Bonchev–Trinajstić information content (AvgIpc) is 2.69. The number of nitrogens with zero attached hydrogens (tertiary/aromatic N) is 1. The van der Waals surface area contributed by atoms with E-state index in [9.17, 15) is 14.4 Å². The molecule has 0 atom stereocenters. The third-order valence-corrected chi connectivity index (χ3v) is 5.15. The number of aryl methyl sites for hydroxylation is 2.